The second-order valence-corrected chi connectivity index (χ2v) is 8.15. The van der Waals surface area contributed by atoms with Crippen LogP contribution >= 0.6 is 7.37 Å². The lowest BCUT2D eigenvalue weighted by Gasteiger charge is -2.30. The van der Waals surface area contributed by atoms with Crippen LogP contribution in [0.25, 0.3) is 11.1 Å². The molecule has 0 fully saturated rings. The molecule has 6 nitrogen and oxygen atoms in total. The fraction of sp³-hybridized carbons (Fsp3) is 0.222. The van der Waals surface area contributed by atoms with Gasteiger partial charge in [-0.15, -0.1) is 0 Å². The zero-order valence-corrected chi connectivity index (χ0v) is 14.4. The number of carbonyl (C=O) groups is 2. The number of aliphatic carboxylic acids is 1. The first-order chi connectivity index (χ1) is 11.9. The molecule has 2 unspecified atom stereocenters. The van der Waals surface area contributed by atoms with Crippen LogP contribution in [0, 0.1) is 5.92 Å². The largest absolute Gasteiger partial charge is 0.481 e. The SMILES string of the molecule is COC(=O)C(CC(=O)O)CP1(=O)Oc2ccccc2-c2ccccc21. The van der Waals surface area contributed by atoms with E-state index in [2.05, 4.69) is 4.74 Å². The minimum Gasteiger partial charge on any atom is -0.481 e. The van der Waals surface area contributed by atoms with Gasteiger partial charge in [-0.1, -0.05) is 36.4 Å². The van der Waals surface area contributed by atoms with E-state index in [9.17, 15) is 14.2 Å². The molecule has 0 aliphatic carbocycles. The summed E-state index contributed by atoms with van der Waals surface area (Å²) in [4.78, 5) is 23.0. The van der Waals surface area contributed by atoms with E-state index < -0.39 is 31.6 Å². The Kier molecular flexibility index (Phi) is 4.64. The van der Waals surface area contributed by atoms with Crippen molar-refractivity contribution in [1.82, 2.24) is 0 Å². The summed E-state index contributed by atoms with van der Waals surface area (Å²) in [5.74, 6) is -2.46. The van der Waals surface area contributed by atoms with E-state index in [-0.39, 0.29) is 6.16 Å². The monoisotopic (exact) mass is 360 g/mol. The molecular formula is C18H17O6P. The van der Waals surface area contributed by atoms with Crippen molar-refractivity contribution < 1.29 is 28.5 Å². The van der Waals surface area contributed by atoms with Crippen LogP contribution in [0.15, 0.2) is 48.5 Å². The summed E-state index contributed by atoms with van der Waals surface area (Å²) in [6.07, 6.45) is -0.693. The van der Waals surface area contributed by atoms with Crippen molar-refractivity contribution in [2.75, 3.05) is 13.3 Å². The maximum absolute atomic E-state index is 13.6. The molecule has 7 heteroatoms. The Labute approximate surface area is 144 Å². The molecular weight excluding hydrogens is 343 g/mol. The van der Waals surface area contributed by atoms with E-state index in [1.807, 2.05) is 24.3 Å². The van der Waals surface area contributed by atoms with Crippen molar-refractivity contribution in [3.63, 3.8) is 0 Å². The number of fused-ring (bicyclic) bond motifs is 3. The van der Waals surface area contributed by atoms with E-state index in [4.69, 9.17) is 9.63 Å². The molecule has 1 N–H and O–H groups in total. The van der Waals surface area contributed by atoms with Crippen molar-refractivity contribution in [3.05, 3.63) is 48.5 Å². The molecule has 1 heterocycles. The number of methoxy groups -OCH3 is 1. The number of hydrogen-bond acceptors (Lipinski definition) is 5. The Morgan fingerprint density at radius 2 is 1.76 bits per heavy atom. The van der Waals surface area contributed by atoms with Gasteiger partial charge in [-0.25, -0.2) is 0 Å². The van der Waals surface area contributed by atoms with E-state index in [1.54, 1.807) is 24.3 Å². The Morgan fingerprint density at radius 3 is 2.44 bits per heavy atom. The number of esters is 1. The summed E-state index contributed by atoms with van der Waals surface area (Å²) < 4.78 is 24.1. The molecule has 25 heavy (non-hydrogen) atoms. The van der Waals surface area contributed by atoms with Gasteiger partial charge in [0.15, 0.2) is 0 Å². The Hall–Kier alpha value is -2.59. The summed E-state index contributed by atoms with van der Waals surface area (Å²) in [5.41, 5.74) is 1.59. The lowest BCUT2D eigenvalue weighted by atomic mass is 10.0. The minimum absolute atomic E-state index is 0.225. The van der Waals surface area contributed by atoms with Gasteiger partial charge in [-0.05, 0) is 17.7 Å². The van der Waals surface area contributed by atoms with Gasteiger partial charge in [0.2, 0.25) is 0 Å². The number of ether oxygens (including phenoxy) is 1. The molecule has 130 valence electrons. The minimum atomic E-state index is -3.48. The van der Waals surface area contributed by atoms with Crippen molar-refractivity contribution in [3.8, 4) is 16.9 Å². The molecule has 0 bridgehead atoms. The normalized spacial score (nSPS) is 19.1. The molecule has 1 aliphatic heterocycles. The quantitative estimate of drug-likeness (QED) is 0.651. The highest BCUT2D eigenvalue weighted by atomic mass is 31.2. The van der Waals surface area contributed by atoms with Crippen LogP contribution in [-0.4, -0.2) is 30.3 Å². The number of carboxylic acids is 1. The summed E-state index contributed by atoms with van der Waals surface area (Å²) in [6, 6.07) is 14.3. The van der Waals surface area contributed by atoms with Gasteiger partial charge < -0.3 is 14.4 Å². The highest BCUT2D eigenvalue weighted by Gasteiger charge is 2.40. The number of rotatable bonds is 5. The summed E-state index contributed by atoms with van der Waals surface area (Å²) in [5, 5.41) is 9.55. The molecule has 2 aromatic carbocycles. The Morgan fingerprint density at radius 1 is 1.12 bits per heavy atom. The van der Waals surface area contributed by atoms with Gasteiger partial charge in [0, 0.05) is 5.56 Å². The zero-order valence-electron chi connectivity index (χ0n) is 13.5. The molecule has 1 aliphatic rings. The molecule has 0 saturated carbocycles. The molecule has 2 atom stereocenters. The third kappa shape index (κ3) is 3.30. The molecule has 3 rings (SSSR count). The molecule has 0 amide bonds. The predicted octanol–water partition coefficient (Wildman–Crippen LogP) is 2.91. The van der Waals surface area contributed by atoms with Gasteiger partial charge in [0.05, 0.1) is 30.9 Å². The third-order valence-electron chi connectivity index (χ3n) is 4.11. The zero-order chi connectivity index (χ0) is 18.0. The second kappa shape index (κ2) is 6.73. The van der Waals surface area contributed by atoms with Crippen molar-refractivity contribution in [2.24, 2.45) is 5.92 Å². The van der Waals surface area contributed by atoms with Crippen molar-refractivity contribution in [1.29, 1.82) is 0 Å². The van der Waals surface area contributed by atoms with Gasteiger partial charge in [0.25, 0.3) is 7.37 Å². The van der Waals surface area contributed by atoms with E-state index in [0.717, 1.165) is 11.1 Å². The third-order valence-corrected chi connectivity index (χ3v) is 6.65. The molecule has 0 aromatic heterocycles. The lowest BCUT2D eigenvalue weighted by Crippen LogP contribution is -2.28. The van der Waals surface area contributed by atoms with Crippen molar-refractivity contribution in [2.45, 2.75) is 6.42 Å². The van der Waals surface area contributed by atoms with Gasteiger partial charge in [-0.2, -0.15) is 0 Å². The number of carbonyl (C=O) groups excluding carboxylic acids is 1. The van der Waals surface area contributed by atoms with Crippen molar-refractivity contribution >= 4 is 24.6 Å². The smallest absolute Gasteiger partial charge is 0.309 e. The van der Waals surface area contributed by atoms with Gasteiger partial charge in [-0.3, -0.25) is 14.2 Å². The van der Waals surface area contributed by atoms with Gasteiger partial charge >= 0.3 is 11.9 Å². The van der Waals surface area contributed by atoms with Crippen LogP contribution in [0.1, 0.15) is 6.42 Å². The first kappa shape index (κ1) is 17.2. The van der Waals surface area contributed by atoms with E-state index >= 15 is 0 Å². The highest BCUT2D eigenvalue weighted by molar-refractivity contribution is 7.67. The number of hydrogen-bond donors (Lipinski definition) is 1. The Bertz CT molecular complexity index is 875. The van der Waals surface area contributed by atoms with Crippen LogP contribution in [0.2, 0.25) is 0 Å². The Balaban J connectivity index is 2.05. The highest BCUT2D eigenvalue weighted by Crippen LogP contribution is 2.55. The van der Waals surface area contributed by atoms with Crippen LogP contribution in [-0.2, 0) is 18.9 Å². The number of para-hydroxylation sites is 1. The first-order valence-electron chi connectivity index (χ1n) is 7.72. The first-order valence-corrected chi connectivity index (χ1v) is 9.53. The fourth-order valence-electron chi connectivity index (χ4n) is 3.00. The maximum Gasteiger partial charge on any atom is 0.309 e. The summed E-state index contributed by atoms with van der Waals surface area (Å²) in [7, 11) is -2.30. The summed E-state index contributed by atoms with van der Waals surface area (Å²) >= 11 is 0. The summed E-state index contributed by atoms with van der Waals surface area (Å²) in [6.45, 7) is 0. The van der Waals surface area contributed by atoms with Crippen LogP contribution in [0.5, 0.6) is 5.75 Å². The lowest BCUT2D eigenvalue weighted by molar-refractivity contribution is -0.149. The molecule has 0 saturated heterocycles. The number of benzene rings is 2. The average molecular weight is 360 g/mol. The van der Waals surface area contributed by atoms with Crippen LogP contribution in [0.4, 0.5) is 0 Å². The maximum atomic E-state index is 13.6. The molecule has 0 radical (unpaired) electrons. The standard InChI is InChI=1S/C18H17O6P/c1-23-18(21)12(10-17(19)20)11-25(22)16-9-5-3-7-14(16)13-6-2-4-8-15(13)24-25/h2-9,12H,10-11H2,1H3,(H,19,20). The second-order valence-electron chi connectivity index (χ2n) is 5.78. The molecule has 2 aromatic rings. The number of carboxylic acid groups (broad SMARTS) is 1. The topological polar surface area (TPSA) is 89.9 Å². The van der Waals surface area contributed by atoms with Gasteiger partial charge in [0.1, 0.15) is 5.75 Å². The fourth-order valence-corrected chi connectivity index (χ4v) is 5.58. The average Bonchev–Trinajstić information content (AvgIpc) is 2.60. The predicted molar refractivity (Wildman–Crippen MR) is 92.4 cm³/mol. The van der Waals surface area contributed by atoms with E-state index in [1.165, 1.54) is 7.11 Å². The van der Waals surface area contributed by atoms with E-state index in [0.29, 0.717) is 11.1 Å². The molecule has 0 spiro atoms. The van der Waals surface area contributed by atoms with Crippen LogP contribution in [0.3, 0.4) is 0 Å². The van der Waals surface area contributed by atoms with Crippen LogP contribution < -0.4 is 9.83 Å².